The number of hydrogen-bond acceptors (Lipinski definition) is 4. The summed E-state index contributed by atoms with van der Waals surface area (Å²) in [5.41, 5.74) is 4.34. The lowest BCUT2D eigenvalue weighted by molar-refractivity contribution is -0.141. The van der Waals surface area contributed by atoms with Crippen LogP contribution in [-0.2, 0) is 21.2 Å². The van der Waals surface area contributed by atoms with Gasteiger partial charge in [-0.05, 0) is 46.4 Å². The highest BCUT2D eigenvalue weighted by Gasteiger charge is 2.33. The summed E-state index contributed by atoms with van der Waals surface area (Å²) in [7, 11) is -4.16. The molecule has 0 saturated heterocycles. The quantitative estimate of drug-likeness (QED) is 0.454. The molecule has 1 aliphatic rings. The predicted octanol–water partition coefficient (Wildman–Crippen LogP) is 2.72. The van der Waals surface area contributed by atoms with E-state index < -0.39 is 28.1 Å². The summed E-state index contributed by atoms with van der Waals surface area (Å²) < 4.78 is 27.9. The van der Waals surface area contributed by atoms with Crippen molar-refractivity contribution < 1.29 is 23.4 Å². The van der Waals surface area contributed by atoms with E-state index in [-0.39, 0.29) is 4.90 Å². The van der Waals surface area contributed by atoms with Gasteiger partial charge in [0.15, 0.2) is 0 Å². The molecule has 2 atom stereocenters. The summed E-state index contributed by atoms with van der Waals surface area (Å²) in [6, 6.07) is 19.0. The minimum Gasteiger partial charge on any atom is -0.480 e. The van der Waals surface area contributed by atoms with Gasteiger partial charge in [-0.2, -0.15) is 4.72 Å². The number of hydrogen-bond donors (Lipinski definition) is 3. The molecule has 148 valence electrons. The molecular weight excluding hydrogens is 390 g/mol. The molecule has 1 aliphatic carbocycles. The van der Waals surface area contributed by atoms with Crippen molar-refractivity contribution in [3.8, 4) is 11.1 Å². The number of fused-ring (bicyclic) bond motifs is 3. The Labute approximate surface area is 168 Å². The molecule has 7 heteroatoms. The van der Waals surface area contributed by atoms with E-state index >= 15 is 0 Å². The van der Waals surface area contributed by atoms with Gasteiger partial charge >= 0.3 is 5.97 Å². The molecule has 0 heterocycles. The van der Waals surface area contributed by atoms with Crippen molar-refractivity contribution in [3.05, 3.63) is 89.5 Å². The highest BCUT2D eigenvalue weighted by molar-refractivity contribution is 7.89. The van der Waals surface area contributed by atoms with E-state index in [1.807, 2.05) is 24.3 Å². The van der Waals surface area contributed by atoms with E-state index in [1.54, 1.807) is 42.5 Å². The summed E-state index contributed by atoms with van der Waals surface area (Å²) >= 11 is 0. The summed E-state index contributed by atoms with van der Waals surface area (Å²) in [6.07, 6.45) is -0.911. The molecule has 0 spiro atoms. The predicted molar refractivity (Wildman–Crippen MR) is 108 cm³/mol. The third-order valence-corrected chi connectivity index (χ3v) is 6.52. The van der Waals surface area contributed by atoms with Gasteiger partial charge in [-0.1, -0.05) is 60.7 Å². The van der Waals surface area contributed by atoms with E-state index in [9.17, 15) is 23.4 Å². The first-order valence-electron chi connectivity index (χ1n) is 9.06. The van der Waals surface area contributed by atoms with Crippen LogP contribution in [0.2, 0.25) is 0 Å². The molecular formula is C22H19NO5S. The third-order valence-electron chi connectivity index (χ3n) is 5.08. The second-order valence-corrected chi connectivity index (χ2v) is 8.66. The fourth-order valence-electron chi connectivity index (χ4n) is 3.62. The van der Waals surface area contributed by atoms with Crippen LogP contribution in [-0.4, -0.2) is 30.6 Å². The lowest BCUT2D eigenvalue weighted by Gasteiger charge is -2.21. The summed E-state index contributed by atoms with van der Waals surface area (Å²) in [4.78, 5) is 11.6. The lowest BCUT2D eigenvalue weighted by Crippen LogP contribution is -2.44. The maximum atomic E-state index is 12.9. The smallest absolute Gasteiger partial charge is 0.324 e. The Kier molecular flexibility index (Phi) is 4.96. The van der Waals surface area contributed by atoms with Gasteiger partial charge in [0.1, 0.15) is 12.1 Å². The molecule has 0 amide bonds. The first-order chi connectivity index (χ1) is 13.9. The number of carbonyl (C=O) groups is 1. The first kappa shape index (κ1) is 19.3. The van der Waals surface area contributed by atoms with Gasteiger partial charge in [-0.15, -0.1) is 0 Å². The van der Waals surface area contributed by atoms with Crippen LogP contribution in [0.1, 0.15) is 22.8 Å². The first-order valence-corrected chi connectivity index (χ1v) is 10.5. The van der Waals surface area contributed by atoms with E-state index in [0.717, 1.165) is 22.3 Å². The number of benzene rings is 3. The van der Waals surface area contributed by atoms with E-state index in [1.165, 1.54) is 6.07 Å². The molecule has 4 rings (SSSR count). The average Bonchev–Trinajstić information content (AvgIpc) is 3.10. The van der Waals surface area contributed by atoms with Gasteiger partial charge < -0.3 is 10.2 Å². The Hall–Kier alpha value is -3.00. The molecule has 29 heavy (non-hydrogen) atoms. The second kappa shape index (κ2) is 7.44. The summed E-state index contributed by atoms with van der Waals surface area (Å²) in [6.45, 7) is 0. The van der Waals surface area contributed by atoms with Crippen LogP contribution in [0.4, 0.5) is 0 Å². The Morgan fingerprint density at radius 1 is 0.897 bits per heavy atom. The zero-order valence-electron chi connectivity index (χ0n) is 15.3. The van der Waals surface area contributed by atoms with Crippen LogP contribution in [0, 0.1) is 0 Å². The minimum absolute atomic E-state index is 0.0319. The fourth-order valence-corrected chi connectivity index (χ4v) is 4.86. The zero-order chi connectivity index (χ0) is 20.6. The topological polar surface area (TPSA) is 104 Å². The van der Waals surface area contributed by atoms with Gasteiger partial charge in [-0.25, -0.2) is 8.42 Å². The van der Waals surface area contributed by atoms with Gasteiger partial charge in [-0.3, -0.25) is 4.79 Å². The van der Waals surface area contributed by atoms with Crippen LogP contribution in [0.3, 0.4) is 0 Å². The fraction of sp³-hybridized carbons (Fsp3) is 0.136. The Morgan fingerprint density at radius 3 is 2.28 bits per heavy atom. The molecule has 0 radical (unpaired) electrons. The Balaban J connectivity index is 1.63. The van der Waals surface area contributed by atoms with Crippen molar-refractivity contribution in [1.29, 1.82) is 0 Å². The maximum absolute atomic E-state index is 12.9. The van der Waals surface area contributed by atoms with Crippen LogP contribution >= 0.6 is 0 Å². The lowest BCUT2D eigenvalue weighted by atomic mass is 10.0. The second-order valence-electron chi connectivity index (χ2n) is 6.95. The van der Waals surface area contributed by atoms with Crippen LogP contribution in [0.15, 0.2) is 77.7 Å². The minimum atomic E-state index is -4.16. The van der Waals surface area contributed by atoms with E-state index in [4.69, 9.17) is 0 Å². The number of sulfonamides is 1. The number of rotatable bonds is 6. The highest BCUT2D eigenvalue weighted by atomic mass is 32.2. The van der Waals surface area contributed by atoms with Crippen molar-refractivity contribution in [3.63, 3.8) is 0 Å². The van der Waals surface area contributed by atoms with Crippen molar-refractivity contribution in [2.24, 2.45) is 0 Å². The van der Waals surface area contributed by atoms with Gasteiger partial charge in [0.25, 0.3) is 0 Å². The molecule has 3 aromatic rings. The maximum Gasteiger partial charge on any atom is 0.324 e. The number of nitrogens with one attached hydrogen (secondary N) is 1. The summed E-state index contributed by atoms with van der Waals surface area (Å²) in [5.74, 6) is -1.46. The number of carboxylic acid groups (broad SMARTS) is 1. The molecule has 0 saturated carbocycles. The standard InChI is InChI=1S/C22H19NO5S/c24-21(14-6-2-1-3-7-14)20(22(25)26)23-29(27,28)17-10-11-19-16(13-17)12-15-8-4-5-9-18(15)19/h1-11,13,20-21,23-24H,12H2,(H,25,26). The van der Waals surface area contributed by atoms with Gasteiger partial charge in [0, 0.05) is 0 Å². The molecule has 6 nitrogen and oxygen atoms in total. The Morgan fingerprint density at radius 2 is 1.55 bits per heavy atom. The number of aliphatic carboxylic acids is 1. The third kappa shape index (κ3) is 3.67. The SMILES string of the molecule is O=C(O)C(NS(=O)(=O)c1ccc2c(c1)Cc1ccccc1-2)C(O)c1ccccc1. The van der Waals surface area contributed by atoms with Crippen molar-refractivity contribution in [1.82, 2.24) is 4.72 Å². The normalized spacial score (nSPS) is 14.7. The summed E-state index contributed by atoms with van der Waals surface area (Å²) in [5, 5.41) is 19.9. The number of carboxylic acids is 1. The van der Waals surface area contributed by atoms with Gasteiger partial charge in [0.05, 0.1) is 4.90 Å². The highest BCUT2D eigenvalue weighted by Crippen LogP contribution is 2.37. The molecule has 0 aliphatic heterocycles. The monoisotopic (exact) mass is 409 g/mol. The molecule has 2 unspecified atom stereocenters. The van der Waals surface area contributed by atoms with Crippen molar-refractivity contribution >= 4 is 16.0 Å². The molecule has 0 aromatic heterocycles. The number of aliphatic hydroxyl groups is 1. The van der Waals surface area contributed by atoms with Gasteiger partial charge in [0.2, 0.25) is 10.0 Å². The Bertz CT molecular complexity index is 1170. The van der Waals surface area contributed by atoms with E-state index in [0.29, 0.717) is 12.0 Å². The largest absolute Gasteiger partial charge is 0.480 e. The van der Waals surface area contributed by atoms with Crippen LogP contribution in [0.5, 0.6) is 0 Å². The van der Waals surface area contributed by atoms with E-state index in [2.05, 4.69) is 4.72 Å². The molecule has 0 fully saturated rings. The van der Waals surface area contributed by atoms with Crippen LogP contribution in [0.25, 0.3) is 11.1 Å². The number of aliphatic hydroxyl groups excluding tert-OH is 1. The van der Waals surface area contributed by atoms with Crippen molar-refractivity contribution in [2.75, 3.05) is 0 Å². The van der Waals surface area contributed by atoms with Crippen LogP contribution < -0.4 is 4.72 Å². The average molecular weight is 409 g/mol. The molecule has 0 bridgehead atoms. The molecule has 3 N–H and O–H groups in total. The molecule has 3 aromatic carbocycles. The zero-order valence-corrected chi connectivity index (χ0v) is 16.1. The van der Waals surface area contributed by atoms with Crippen molar-refractivity contribution in [2.45, 2.75) is 23.5 Å².